The highest BCUT2D eigenvalue weighted by Crippen LogP contribution is 2.27. The molecule has 9 heteroatoms. The number of rotatable bonds is 27. The Kier molecular flexibility index (Phi) is 22.7. The van der Waals surface area contributed by atoms with E-state index in [1.807, 2.05) is 18.2 Å². The van der Waals surface area contributed by atoms with Gasteiger partial charge in [0.2, 0.25) is 5.91 Å². The van der Waals surface area contributed by atoms with Crippen molar-refractivity contribution in [3.8, 4) is 0 Å². The summed E-state index contributed by atoms with van der Waals surface area (Å²) in [7, 11) is 0. The first kappa shape index (κ1) is 40.5. The van der Waals surface area contributed by atoms with Crippen molar-refractivity contribution in [1.29, 1.82) is 0 Å². The van der Waals surface area contributed by atoms with E-state index in [2.05, 4.69) is 17.2 Å². The molecule has 3 amide bonds. The van der Waals surface area contributed by atoms with Gasteiger partial charge < -0.3 is 19.5 Å². The molecule has 0 aromatic carbocycles. The number of pyridine rings is 1. The zero-order chi connectivity index (χ0) is 33.8. The van der Waals surface area contributed by atoms with Gasteiger partial charge in [0.05, 0.1) is 0 Å². The summed E-state index contributed by atoms with van der Waals surface area (Å²) in [6.45, 7) is 4.95. The lowest BCUT2D eigenvalue weighted by Gasteiger charge is -2.28. The number of carbonyl (C=O) groups excluding carboxylic acids is 3. The second-order valence-electron chi connectivity index (χ2n) is 13.3. The minimum absolute atomic E-state index is 0.00132. The molecule has 0 spiro atoms. The Balaban J connectivity index is 1.50. The molecular weight excluding hydrogens is 594 g/mol. The van der Waals surface area contributed by atoms with E-state index in [4.69, 9.17) is 14.2 Å². The third-order valence-electron chi connectivity index (χ3n) is 9.05. The number of alkyl carbamates (subject to hydrolysis) is 1. The van der Waals surface area contributed by atoms with E-state index in [0.29, 0.717) is 32.5 Å². The quantitative estimate of drug-likeness (QED) is 0.0938. The van der Waals surface area contributed by atoms with E-state index in [1.165, 1.54) is 96.8 Å². The summed E-state index contributed by atoms with van der Waals surface area (Å²) in [5.74, 6) is -0.356. The van der Waals surface area contributed by atoms with Gasteiger partial charge in [-0.2, -0.15) is 0 Å². The molecule has 1 unspecified atom stereocenters. The molecule has 0 aliphatic carbocycles. The van der Waals surface area contributed by atoms with Gasteiger partial charge in [-0.3, -0.25) is 9.78 Å². The van der Waals surface area contributed by atoms with Gasteiger partial charge in [-0.25, -0.2) is 14.5 Å². The third kappa shape index (κ3) is 19.7. The van der Waals surface area contributed by atoms with Gasteiger partial charge in [0.1, 0.15) is 18.8 Å². The van der Waals surface area contributed by atoms with E-state index < -0.39 is 17.8 Å². The van der Waals surface area contributed by atoms with E-state index >= 15 is 0 Å². The van der Waals surface area contributed by atoms with Crippen molar-refractivity contribution in [3.63, 3.8) is 0 Å². The summed E-state index contributed by atoms with van der Waals surface area (Å²) in [4.78, 5) is 42.8. The Labute approximate surface area is 285 Å². The number of carbonyl (C=O) groups is 3. The highest BCUT2D eigenvalue weighted by atomic mass is 16.6. The highest BCUT2D eigenvalue weighted by molar-refractivity contribution is 5.90. The largest absolute Gasteiger partial charge is 0.446 e. The normalized spacial score (nSPS) is 15.8. The number of aryl methyl sites for hydroxylation is 1. The maximum atomic E-state index is 12.8. The standard InChI is InChI=1S/C38H65N3O6/c1-3-4-5-6-7-8-9-10-11-12-13-14-15-16-17-21-29-40-36(43)45-32-38(27-24-31-47-38)33-46-37(44)41(34(2)42)30-23-18-19-25-35-26-20-22-28-39-35/h20,22,26,28H,3-19,21,23-25,27,29-33H2,1-2H3,(H,40,43). The first-order chi connectivity index (χ1) is 23.0. The molecule has 1 saturated heterocycles. The second kappa shape index (κ2) is 26.3. The smallest absolute Gasteiger partial charge is 0.416 e. The average Bonchev–Trinajstić information content (AvgIpc) is 3.55. The number of hydrogen-bond donors (Lipinski definition) is 1. The molecule has 2 heterocycles. The van der Waals surface area contributed by atoms with Crippen LogP contribution < -0.4 is 5.32 Å². The lowest BCUT2D eigenvalue weighted by Crippen LogP contribution is -2.44. The molecule has 1 aliphatic heterocycles. The number of unbranched alkanes of at least 4 members (excludes halogenated alkanes) is 17. The van der Waals surface area contributed by atoms with Crippen LogP contribution in [0.3, 0.4) is 0 Å². The number of amides is 3. The fraction of sp³-hybridized carbons (Fsp3) is 0.789. The summed E-state index contributed by atoms with van der Waals surface area (Å²) in [6.07, 6.45) is 26.3. The summed E-state index contributed by atoms with van der Waals surface area (Å²) < 4.78 is 16.9. The van der Waals surface area contributed by atoms with Crippen molar-refractivity contribution in [2.75, 3.05) is 32.9 Å². The van der Waals surface area contributed by atoms with Crippen molar-refractivity contribution in [3.05, 3.63) is 30.1 Å². The summed E-state index contributed by atoms with van der Waals surface area (Å²) in [5.41, 5.74) is 0.153. The maximum absolute atomic E-state index is 12.8. The zero-order valence-electron chi connectivity index (χ0n) is 29.7. The maximum Gasteiger partial charge on any atom is 0.416 e. The molecule has 1 fully saturated rings. The molecule has 2 rings (SSSR count). The Bertz CT molecular complexity index is 954. The van der Waals surface area contributed by atoms with Crippen LogP contribution in [0.1, 0.15) is 154 Å². The van der Waals surface area contributed by atoms with E-state index in [1.54, 1.807) is 6.20 Å². The Morgan fingerprint density at radius 1 is 0.809 bits per heavy atom. The van der Waals surface area contributed by atoms with Crippen LogP contribution in [-0.4, -0.2) is 66.5 Å². The lowest BCUT2D eigenvalue weighted by atomic mass is 10.0. The van der Waals surface area contributed by atoms with Gasteiger partial charge in [0.25, 0.3) is 0 Å². The number of imide groups is 1. The molecule has 47 heavy (non-hydrogen) atoms. The number of aromatic nitrogens is 1. The first-order valence-electron chi connectivity index (χ1n) is 18.8. The molecule has 0 saturated carbocycles. The van der Waals surface area contributed by atoms with Crippen molar-refractivity contribution in [2.24, 2.45) is 0 Å². The van der Waals surface area contributed by atoms with Gasteiger partial charge in [-0.1, -0.05) is 116 Å². The molecule has 0 radical (unpaired) electrons. The molecule has 9 nitrogen and oxygen atoms in total. The number of nitrogens with one attached hydrogen (secondary N) is 1. The molecule has 1 N–H and O–H groups in total. The SMILES string of the molecule is CCCCCCCCCCCCCCCCCCNC(=O)OCC1(COC(=O)N(CCCCCc2ccccn2)C(C)=O)CCCO1. The molecule has 1 atom stereocenters. The van der Waals surface area contributed by atoms with Gasteiger partial charge in [0, 0.05) is 38.5 Å². The Hall–Kier alpha value is -2.68. The van der Waals surface area contributed by atoms with E-state index in [0.717, 1.165) is 49.1 Å². The first-order valence-corrected chi connectivity index (χ1v) is 18.8. The van der Waals surface area contributed by atoms with Crippen LogP contribution in [0.2, 0.25) is 0 Å². The van der Waals surface area contributed by atoms with Crippen molar-refractivity contribution in [1.82, 2.24) is 15.2 Å². The fourth-order valence-electron chi connectivity index (χ4n) is 6.08. The van der Waals surface area contributed by atoms with Crippen LogP contribution in [0.4, 0.5) is 9.59 Å². The van der Waals surface area contributed by atoms with Crippen LogP contribution in [0, 0.1) is 0 Å². The van der Waals surface area contributed by atoms with Crippen LogP contribution >= 0.6 is 0 Å². The topological polar surface area (TPSA) is 107 Å². The van der Waals surface area contributed by atoms with Crippen LogP contribution in [0.15, 0.2) is 24.4 Å². The summed E-state index contributed by atoms with van der Waals surface area (Å²) >= 11 is 0. The van der Waals surface area contributed by atoms with Gasteiger partial charge in [0.15, 0.2) is 0 Å². The van der Waals surface area contributed by atoms with Gasteiger partial charge in [-0.05, 0) is 50.7 Å². The predicted octanol–water partition coefficient (Wildman–Crippen LogP) is 9.32. The van der Waals surface area contributed by atoms with Gasteiger partial charge >= 0.3 is 12.2 Å². The highest BCUT2D eigenvalue weighted by Gasteiger charge is 2.39. The summed E-state index contributed by atoms with van der Waals surface area (Å²) in [5, 5.41) is 2.83. The van der Waals surface area contributed by atoms with Crippen LogP contribution in [-0.2, 0) is 25.4 Å². The van der Waals surface area contributed by atoms with Gasteiger partial charge in [-0.15, -0.1) is 0 Å². The average molecular weight is 660 g/mol. The van der Waals surface area contributed by atoms with Crippen molar-refractivity contribution >= 4 is 18.1 Å². The summed E-state index contributed by atoms with van der Waals surface area (Å²) in [6, 6.07) is 5.86. The van der Waals surface area contributed by atoms with Crippen molar-refractivity contribution in [2.45, 2.75) is 161 Å². The third-order valence-corrected chi connectivity index (χ3v) is 9.05. The molecule has 1 aliphatic rings. The lowest BCUT2D eigenvalue weighted by molar-refractivity contribution is -0.128. The molecule has 0 bridgehead atoms. The number of ether oxygens (including phenoxy) is 3. The zero-order valence-corrected chi connectivity index (χ0v) is 29.7. The predicted molar refractivity (Wildman–Crippen MR) is 187 cm³/mol. The van der Waals surface area contributed by atoms with E-state index in [9.17, 15) is 14.4 Å². The molecule has 1 aromatic heterocycles. The molecule has 1 aromatic rings. The monoisotopic (exact) mass is 659 g/mol. The number of hydrogen-bond acceptors (Lipinski definition) is 7. The molecule has 268 valence electrons. The Morgan fingerprint density at radius 3 is 1.96 bits per heavy atom. The number of nitrogens with zero attached hydrogens (tertiary/aromatic N) is 2. The molecular formula is C38H65N3O6. The van der Waals surface area contributed by atoms with Crippen LogP contribution in [0.5, 0.6) is 0 Å². The Morgan fingerprint density at radius 2 is 1.40 bits per heavy atom. The minimum atomic E-state index is -0.883. The minimum Gasteiger partial charge on any atom is -0.446 e. The van der Waals surface area contributed by atoms with Crippen molar-refractivity contribution < 1.29 is 28.6 Å². The second-order valence-corrected chi connectivity index (χ2v) is 13.3. The fourth-order valence-corrected chi connectivity index (χ4v) is 6.08. The van der Waals surface area contributed by atoms with E-state index in [-0.39, 0.29) is 19.1 Å². The van der Waals surface area contributed by atoms with Crippen LogP contribution in [0.25, 0.3) is 0 Å².